The molecule has 1 aromatic carbocycles. The van der Waals surface area contributed by atoms with Crippen molar-refractivity contribution in [3.8, 4) is 5.75 Å². The molecule has 0 saturated carbocycles. The predicted octanol–water partition coefficient (Wildman–Crippen LogP) is 3.46. The Labute approximate surface area is 130 Å². The number of benzene rings is 1. The van der Waals surface area contributed by atoms with Crippen molar-refractivity contribution in [3.05, 3.63) is 27.7 Å². The van der Waals surface area contributed by atoms with Gasteiger partial charge in [-0.05, 0) is 24.0 Å². The Hall–Kier alpha value is -0.580. The van der Waals surface area contributed by atoms with Crippen LogP contribution in [0.4, 0.5) is 0 Å². The molecule has 1 atom stereocenters. The molecule has 0 amide bonds. The molecule has 2 N–H and O–H groups in total. The van der Waals surface area contributed by atoms with E-state index in [9.17, 15) is 5.11 Å². The van der Waals surface area contributed by atoms with Crippen LogP contribution in [-0.4, -0.2) is 36.2 Å². The van der Waals surface area contributed by atoms with Crippen LogP contribution in [0.3, 0.4) is 0 Å². The van der Waals surface area contributed by atoms with Crippen LogP contribution in [0, 0.1) is 12.3 Å². The Bertz CT molecular complexity index is 476. The van der Waals surface area contributed by atoms with E-state index in [2.05, 4.69) is 46.9 Å². The Balaban J connectivity index is 2.49. The van der Waals surface area contributed by atoms with Gasteiger partial charge in [0, 0.05) is 42.3 Å². The van der Waals surface area contributed by atoms with E-state index < -0.39 is 0 Å². The van der Waals surface area contributed by atoms with Gasteiger partial charge in [0.25, 0.3) is 0 Å². The standard InChI is InChI=1S/C16H25BrN2O/c1-11-5-6-12(17)13(14(11)20)15(16(2,3)4)19-9-7-18-8-10-19/h5-6,15,18,20H,7-10H2,1-4H3/t15-/m1/s1. The number of phenols is 1. The first-order valence-electron chi connectivity index (χ1n) is 7.25. The van der Waals surface area contributed by atoms with E-state index in [-0.39, 0.29) is 11.5 Å². The van der Waals surface area contributed by atoms with Crippen molar-refractivity contribution in [2.45, 2.75) is 33.7 Å². The third kappa shape index (κ3) is 3.18. The van der Waals surface area contributed by atoms with Crippen LogP contribution >= 0.6 is 15.9 Å². The molecular weight excluding hydrogens is 316 g/mol. The van der Waals surface area contributed by atoms with E-state index in [1.165, 1.54) is 0 Å². The molecule has 20 heavy (non-hydrogen) atoms. The summed E-state index contributed by atoms with van der Waals surface area (Å²) < 4.78 is 0.999. The van der Waals surface area contributed by atoms with Crippen molar-refractivity contribution >= 4 is 15.9 Å². The van der Waals surface area contributed by atoms with Gasteiger partial charge < -0.3 is 10.4 Å². The van der Waals surface area contributed by atoms with E-state index in [4.69, 9.17) is 0 Å². The molecule has 1 aliphatic rings. The summed E-state index contributed by atoms with van der Waals surface area (Å²) in [6.07, 6.45) is 0. The quantitative estimate of drug-likeness (QED) is 0.865. The smallest absolute Gasteiger partial charge is 0.124 e. The summed E-state index contributed by atoms with van der Waals surface area (Å²) in [5, 5.41) is 14.0. The van der Waals surface area contributed by atoms with Crippen LogP contribution in [0.1, 0.15) is 37.9 Å². The fraction of sp³-hybridized carbons (Fsp3) is 0.625. The van der Waals surface area contributed by atoms with Gasteiger partial charge in [-0.15, -0.1) is 0 Å². The Morgan fingerprint density at radius 1 is 1.25 bits per heavy atom. The molecule has 2 rings (SSSR count). The number of nitrogens with zero attached hydrogens (tertiary/aromatic N) is 1. The number of phenolic OH excluding ortho intramolecular Hbond substituents is 1. The van der Waals surface area contributed by atoms with Gasteiger partial charge in [-0.1, -0.05) is 42.8 Å². The van der Waals surface area contributed by atoms with Crippen molar-refractivity contribution in [2.24, 2.45) is 5.41 Å². The lowest BCUT2D eigenvalue weighted by Gasteiger charge is -2.43. The van der Waals surface area contributed by atoms with Gasteiger partial charge in [0.15, 0.2) is 0 Å². The molecule has 1 fully saturated rings. The molecule has 4 heteroatoms. The summed E-state index contributed by atoms with van der Waals surface area (Å²) in [6, 6.07) is 4.21. The zero-order valence-corrected chi connectivity index (χ0v) is 14.4. The van der Waals surface area contributed by atoms with Crippen LogP contribution in [0.5, 0.6) is 5.75 Å². The van der Waals surface area contributed by atoms with Crippen LogP contribution < -0.4 is 5.32 Å². The third-order valence-electron chi connectivity index (χ3n) is 3.98. The number of aromatic hydroxyl groups is 1. The first-order valence-corrected chi connectivity index (χ1v) is 8.04. The third-order valence-corrected chi connectivity index (χ3v) is 4.67. The SMILES string of the molecule is Cc1ccc(Br)c([C@@H](N2CCNCC2)C(C)(C)C)c1O. The van der Waals surface area contributed by atoms with Crippen LogP contribution in [-0.2, 0) is 0 Å². The topological polar surface area (TPSA) is 35.5 Å². The minimum Gasteiger partial charge on any atom is -0.507 e. The fourth-order valence-corrected chi connectivity index (χ4v) is 3.59. The molecular formula is C16H25BrN2O. The molecule has 1 aromatic rings. The van der Waals surface area contributed by atoms with Crippen molar-refractivity contribution < 1.29 is 5.11 Å². The van der Waals surface area contributed by atoms with E-state index in [1.54, 1.807) is 0 Å². The number of aryl methyl sites for hydroxylation is 1. The zero-order chi connectivity index (χ0) is 14.9. The van der Waals surface area contributed by atoms with Crippen LogP contribution in [0.15, 0.2) is 16.6 Å². The molecule has 0 aliphatic carbocycles. The highest BCUT2D eigenvalue weighted by atomic mass is 79.9. The van der Waals surface area contributed by atoms with Gasteiger partial charge in [-0.3, -0.25) is 4.90 Å². The lowest BCUT2D eigenvalue weighted by molar-refractivity contribution is 0.0836. The van der Waals surface area contributed by atoms with Crippen LogP contribution in [0.2, 0.25) is 0 Å². The zero-order valence-electron chi connectivity index (χ0n) is 12.8. The number of hydrogen-bond acceptors (Lipinski definition) is 3. The summed E-state index contributed by atoms with van der Waals surface area (Å²) in [5.74, 6) is 0.429. The Kier molecular flexibility index (Phi) is 4.77. The minimum absolute atomic E-state index is 0.0606. The summed E-state index contributed by atoms with van der Waals surface area (Å²) in [6.45, 7) is 12.7. The van der Waals surface area contributed by atoms with Crippen molar-refractivity contribution in [2.75, 3.05) is 26.2 Å². The highest BCUT2D eigenvalue weighted by molar-refractivity contribution is 9.10. The highest BCUT2D eigenvalue weighted by Gasteiger charge is 2.35. The average Bonchev–Trinajstić information content (AvgIpc) is 2.39. The highest BCUT2D eigenvalue weighted by Crippen LogP contribution is 2.45. The Morgan fingerprint density at radius 2 is 1.85 bits per heavy atom. The average molecular weight is 341 g/mol. The number of hydrogen-bond donors (Lipinski definition) is 2. The molecule has 112 valence electrons. The summed E-state index contributed by atoms with van der Waals surface area (Å²) >= 11 is 3.64. The largest absolute Gasteiger partial charge is 0.507 e. The van der Waals surface area contributed by atoms with Crippen molar-refractivity contribution in [3.63, 3.8) is 0 Å². The molecule has 3 nitrogen and oxygen atoms in total. The summed E-state index contributed by atoms with van der Waals surface area (Å²) in [4.78, 5) is 2.48. The number of piperazine rings is 1. The van der Waals surface area contributed by atoms with E-state index in [0.717, 1.165) is 41.8 Å². The Morgan fingerprint density at radius 3 is 2.40 bits per heavy atom. The normalized spacial score (nSPS) is 19.1. The summed E-state index contributed by atoms with van der Waals surface area (Å²) in [5.41, 5.74) is 2.03. The van der Waals surface area contributed by atoms with Crippen molar-refractivity contribution in [1.29, 1.82) is 0 Å². The maximum absolute atomic E-state index is 10.6. The second-order valence-electron chi connectivity index (χ2n) is 6.68. The lowest BCUT2D eigenvalue weighted by Crippen LogP contribution is -2.48. The minimum atomic E-state index is 0.0606. The maximum atomic E-state index is 10.6. The van der Waals surface area contributed by atoms with Gasteiger partial charge in [-0.2, -0.15) is 0 Å². The van der Waals surface area contributed by atoms with Gasteiger partial charge in [0.05, 0.1) is 0 Å². The summed E-state index contributed by atoms with van der Waals surface area (Å²) in [7, 11) is 0. The molecule has 0 spiro atoms. The number of halogens is 1. The first kappa shape index (κ1) is 15.8. The monoisotopic (exact) mass is 340 g/mol. The van der Waals surface area contributed by atoms with Gasteiger partial charge >= 0.3 is 0 Å². The first-order chi connectivity index (χ1) is 9.32. The molecule has 0 bridgehead atoms. The molecule has 0 radical (unpaired) electrons. The predicted molar refractivity (Wildman–Crippen MR) is 87.2 cm³/mol. The molecule has 1 aliphatic heterocycles. The lowest BCUT2D eigenvalue weighted by atomic mass is 9.80. The molecule has 0 unspecified atom stereocenters. The number of nitrogens with one attached hydrogen (secondary N) is 1. The van der Waals surface area contributed by atoms with Crippen molar-refractivity contribution in [1.82, 2.24) is 10.2 Å². The van der Waals surface area contributed by atoms with E-state index >= 15 is 0 Å². The van der Waals surface area contributed by atoms with E-state index in [0.29, 0.717) is 5.75 Å². The fourth-order valence-electron chi connectivity index (χ4n) is 3.06. The van der Waals surface area contributed by atoms with Gasteiger partial charge in [0.1, 0.15) is 5.75 Å². The van der Waals surface area contributed by atoms with Gasteiger partial charge in [-0.25, -0.2) is 0 Å². The van der Waals surface area contributed by atoms with Crippen LogP contribution in [0.25, 0.3) is 0 Å². The van der Waals surface area contributed by atoms with Gasteiger partial charge in [0.2, 0.25) is 0 Å². The second-order valence-corrected chi connectivity index (χ2v) is 7.54. The molecule has 1 saturated heterocycles. The molecule has 1 heterocycles. The number of rotatable bonds is 2. The maximum Gasteiger partial charge on any atom is 0.124 e. The van der Waals surface area contributed by atoms with E-state index in [1.807, 2.05) is 19.1 Å². The second kappa shape index (κ2) is 6.04. The molecule has 0 aromatic heterocycles.